The minimum absolute atomic E-state index is 0.170. The van der Waals surface area contributed by atoms with Crippen molar-refractivity contribution in [2.75, 3.05) is 19.0 Å². The fourth-order valence-corrected chi connectivity index (χ4v) is 8.95. The fraction of sp³-hybridized carbons (Fsp3) is 0.922. The van der Waals surface area contributed by atoms with Crippen molar-refractivity contribution in [3.8, 4) is 0 Å². The van der Waals surface area contributed by atoms with Crippen LogP contribution in [-0.2, 0) is 38.7 Å². The molecule has 0 radical (unpaired) electrons. The van der Waals surface area contributed by atoms with Gasteiger partial charge in [0.25, 0.3) is 10.1 Å². The van der Waals surface area contributed by atoms with E-state index in [4.69, 9.17) is 18.9 Å². The van der Waals surface area contributed by atoms with Gasteiger partial charge in [-0.3, -0.25) is 14.1 Å². The van der Waals surface area contributed by atoms with E-state index in [-0.39, 0.29) is 19.4 Å². The Kier molecular flexibility index (Phi) is 39.2. The summed E-state index contributed by atoms with van der Waals surface area (Å²) in [6, 6.07) is 0. The number of carbonyl (C=O) groups excluding carboxylic acids is 2. The molecule has 4 N–H and O–H groups in total. The van der Waals surface area contributed by atoms with Crippen molar-refractivity contribution < 1.29 is 56.8 Å². The average Bonchev–Trinajstić information content (AvgIpc) is 3.26. The summed E-state index contributed by atoms with van der Waals surface area (Å²) in [7, 11) is -4.60. The first-order chi connectivity index (χ1) is 31.0. The Morgan fingerprint density at radius 1 is 0.516 bits per heavy atom. The highest BCUT2D eigenvalue weighted by atomic mass is 32.2. The van der Waals surface area contributed by atoms with Crippen LogP contribution in [0.25, 0.3) is 0 Å². The second-order valence-electron chi connectivity index (χ2n) is 18.5. The maximum atomic E-state index is 12.9. The van der Waals surface area contributed by atoms with Crippen molar-refractivity contribution in [2.45, 2.75) is 282 Å². The van der Waals surface area contributed by atoms with Gasteiger partial charge in [0.1, 0.15) is 36.8 Å². The fourth-order valence-electron chi connectivity index (χ4n) is 8.26. The maximum Gasteiger partial charge on any atom is 0.306 e. The van der Waals surface area contributed by atoms with Gasteiger partial charge in [-0.2, -0.15) is 8.42 Å². The number of unbranched alkanes of at least 4 members (excludes halogenated alkanes) is 31. The van der Waals surface area contributed by atoms with Gasteiger partial charge < -0.3 is 34.3 Å². The van der Waals surface area contributed by atoms with Crippen molar-refractivity contribution >= 4 is 22.1 Å². The van der Waals surface area contributed by atoms with Gasteiger partial charge in [0, 0.05) is 12.8 Å². The molecule has 0 bridgehead atoms. The number of carbonyl (C=O) groups is 2. The second kappa shape index (κ2) is 41.6. The highest BCUT2D eigenvalue weighted by Crippen LogP contribution is 2.24. The standard InChI is InChI=1S/C51H96O12S/c1-3-5-7-9-11-13-15-17-19-21-22-24-25-27-29-31-33-35-37-39-46(52)60-41-44(42-61-51-50(56)49(55)48(54)45(63-51)43-64(57,58)59)62-47(53)40-38-36-34-32-30-28-26-23-20-18-16-14-12-10-8-6-4-2/h17,19,44-45,48-51,54-56H,3-16,18,20-43H2,1-2H3,(H,57,58,59)/b19-17+/t44-,45-,48-,49?,50?,51+/m1/s1. The molecule has 1 rings (SSSR count). The molecule has 0 amide bonds. The van der Waals surface area contributed by atoms with Gasteiger partial charge in [-0.1, -0.05) is 206 Å². The molecule has 64 heavy (non-hydrogen) atoms. The van der Waals surface area contributed by atoms with E-state index in [2.05, 4.69) is 26.0 Å². The molecule has 378 valence electrons. The van der Waals surface area contributed by atoms with Crippen molar-refractivity contribution in [2.24, 2.45) is 0 Å². The van der Waals surface area contributed by atoms with Gasteiger partial charge in [0.15, 0.2) is 12.4 Å². The van der Waals surface area contributed by atoms with Crippen LogP contribution in [0.2, 0.25) is 0 Å². The molecule has 13 heteroatoms. The van der Waals surface area contributed by atoms with E-state index in [1.165, 1.54) is 167 Å². The zero-order valence-corrected chi connectivity index (χ0v) is 41.5. The Hall–Kier alpha value is -1.61. The van der Waals surface area contributed by atoms with Crippen LogP contribution in [0, 0.1) is 0 Å². The summed E-state index contributed by atoms with van der Waals surface area (Å²) in [5, 5.41) is 31.0. The van der Waals surface area contributed by atoms with Crippen LogP contribution >= 0.6 is 0 Å². The normalized spacial score (nSPS) is 19.6. The van der Waals surface area contributed by atoms with Crippen LogP contribution in [-0.4, -0.2) is 96.0 Å². The van der Waals surface area contributed by atoms with Crippen LogP contribution in [0.4, 0.5) is 0 Å². The molecule has 1 aliphatic heterocycles. The van der Waals surface area contributed by atoms with Crippen molar-refractivity contribution in [3.05, 3.63) is 12.2 Å². The molecule has 1 fully saturated rings. The maximum absolute atomic E-state index is 12.9. The molecular weight excluding hydrogens is 837 g/mol. The first-order valence-corrected chi connectivity index (χ1v) is 27.9. The first-order valence-electron chi connectivity index (χ1n) is 26.2. The number of esters is 2. The molecule has 2 unspecified atom stereocenters. The molecule has 0 aromatic carbocycles. The predicted octanol–water partition coefficient (Wildman–Crippen LogP) is 11.8. The molecule has 1 aliphatic rings. The molecule has 0 spiro atoms. The summed E-state index contributed by atoms with van der Waals surface area (Å²) in [6.07, 6.45) is 36.8. The van der Waals surface area contributed by atoms with Crippen LogP contribution < -0.4 is 0 Å². The molecule has 1 heterocycles. The zero-order chi connectivity index (χ0) is 46.9. The van der Waals surface area contributed by atoms with Gasteiger partial charge >= 0.3 is 11.9 Å². The molecule has 0 aliphatic carbocycles. The third-order valence-electron chi connectivity index (χ3n) is 12.3. The summed E-state index contributed by atoms with van der Waals surface area (Å²) in [4.78, 5) is 25.5. The summed E-state index contributed by atoms with van der Waals surface area (Å²) >= 11 is 0. The minimum Gasteiger partial charge on any atom is -0.462 e. The van der Waals surface area contributed by atoms with E-state index in [9.17, 15) is 37.9 Å². The van der Waals surface area contributed by atoms with Crippen LogP contribution in [0.1, 0.15) is 245 Å². The van der Waals surface area contributed by atoms with E-state index in [0.717, 1.165) is 38.5 Å². The van der Waals surface area contributed by atoms with Crippen molar-refractivity contribution in [3.63, 3.8) is 0 Å². The molecule has 0 aromatic rings. The Balaban J connectivity index is 2.35. The number of hydrogen-bond donors (Lipinski definition) is 4. The number of allylic oxidation sites excluding steroid dienone is 2. The van der Waals surface area contributed by atoms with Crippen molar-refractivity contribution in [1.82, 2.24) is 0 Å². The third kappa shape index (κ3) is 35.6. The Morgan fingerprint density at radius 2 is 0.891 bits per heavy atom. The van der Waals surface area contributed by atoms with E-state index in [0.29, 0.717) is 12.8 Å². The average molecular weight is 933 g/mol. The number of rotatable bonds is 45. The number of hydrogen-bond acceptors (Lipinski definition) is 11. The van der Waals surface area contributed by atoms with Gasteiger partial charge in [-0.25, -0.2) is 0 Å². The monoisotopic (exact) mass is 933 g/mol. The third-order valence-corrected chi connectivity index (χ3v) is 13.1. The Bertz CT molecular complexity index is 1230. The summed E-state index contributed by atoms with van der Waals surface area (Å²) in [5.74, 6) is -1.97. The van der Waals surface area contributed by atoms with Gasteiger partial charge in [0.05, 0.1) is 6.61 Å². The van der Waals surface area contributed by atoms with E-state index >= 15 is 0 Å². The van der Waals surface area contributed by atoms with E-state index < -0.39 is 71.2 Å². The van der Waals surface area contributed by atoms with Crippen LogP contribution in [0.5, 0.6) is 0 Å². The summed E-state index contributed by atoms with van der Waals surface area (Å²) in [5.41, 5.74) is 0. The van der Waals surface area contributed by atoms with Crippen LogP contribution in [0.3, 0.4) is 0 Å². The largest absolute Gasteiger partial charge is 0.462 e. The molecule has 0 aromatic heterocycles. The number of ether oxygens (including phenoxy) is 4. The Labute approximate surface area is 390 Å². The van der Waals surface area contributed by atoms with E-state index in [1.807, 2.05) is 0 Å². The molecular formula is C51H96O12S. The smallest absolute Gasteiger partial charge is 0.306 e. The molecule has 6 atom stereocenters. The number of aliphatic hydroxyl groups excluding tert-OH is 3. The lowest BCUT2D eigenvalue weighted by atomic mass is 10.00. The highest BCUT2D eigenvalue weighted by Gasteiger charge is 2.46. The van der Waals surface area contributed by atoms with Crippen molar-refractivity contribution in [1.29, 1.82) is 0 Å². The highest BCUT2D eigenvalue weighted by molar-refractivity contribution is 7.85. The molecule has 1 saturated heterocycles. The number of aliphatic hydroxyl groups is 3. The lowest BCUT2D eigenvalue weighted by molar-refractivity contribution is -0.297. The van der Waals surface area contributed by atoms with Gasteiger partial charge in [0.2, 0.25) is 0 Å². The van der Waals surface area contributed by atoms with Crippen LogP contribution in [0.15, 0.2) is 12.2 Å². The lowest BCUT2D eigenvalue weighted by Gasteiger charge is -2.40. The molecule has 12 nitrogen and oxygen atoms in total. The predicted molar refractivity (Wildman–Crippen MR) is 257 cm³/mol. The summed E-state index contributed by atoms with van der Waals surface area (Å²) < 4.78 is 54.3. The Morgan fingerprint density at radius 3 is 1.30 bits per heavy atom. The topological polar surface area (TPSA) is 186 Å². The second-order valence-corrected chi connectivity index (χ2v) is 20.0. The lowest BCUT2D eigenvalue weighted by Crippen LogP contribution is -2.60. The quantitative estimate of drug-likeness (QED) is 0.0196. The SMILES string of the molecule is CCCCCCCC/C=C/CCCCCCCCCCCC(=O)OC[C@H](CO[C@H]1O[C@H](CS(=O)(=O)O)[C@@H](O)C(O)C1O)OC(=O)CCCCCCCCCCCCCCCCCCC. The minimum atomic E-state index is -4.60. The zero-order valence-electron chi connectivity index (χ0n) is 40.7. The van der Waals surface area contributed by atoms with Gasteiger partial charge in [-0.05, 0) is 38.5 Å². The molecule has 0 saturated carbocycles. The van der Waals surface area contributed by atoms with E-state index in [1.54, 1.807) is 0 Å². The van der Waals surface area contributed by atoms with Gasteiger partial charge in [-0.15, -0.1) is 0 Å². The summed E-state index contributed by atoms with van der Waals surface area (Å²) in [6.45, 7) is 3.80. The first kappa shape index (κ1) is 60.4.